The molecule has 3 rings (SSSR count). The Bertz CT molecular complexity index is 880. The molecule has 0 saturated heterocycles. The van der Waals surface area contributed by atoms with Gasteiger partial charge in [-0.1, -0.05) is 11.6 Å². The van der Waals surface area contributed by atoms with Gasteiger partial charge in [0, 0.05) is 34.2 Å². The zero-order valence-corrected chi connectivity index (χ0v) is 16.4. The molecule has 2 aromatic rings. The first-order chi connectivity index (χ1) is 12.8. The topological polar surface area (TPSA) is 60.3 Å². The molecule has 6 heteroatoms. The zero-order chi connectivity index (χ0) is 19.6. The smallest absolute Gasteiger partial charge is 0.331 e. The number of hydrogen-bond acceptors (Lipinski definition) is 3. The minimum atomic E-state index is -0.906. The fraction of sp³-hybridized carbons (Fsp3) is 0.333. The van der Waals surface area contributed by atoms with Gasteiger partial charge in [-0.3, -0.25) is 4.79 Å². The second kappa shape index (κ2) is 8.01. The summed E-state index contributed by atoms with van der Waals surface area (Å²) in [7, 11) is 0. The molecule has 27 heavy (non-hydrogen) atoms. The van der Waals surface area contributed by atoms with Gasteiger partial charge in [0.25, 0.3) is 5.91 Å². The Kier molecular flexibility index (Phi) is 5.71. The normalized spacial score (nSPS) is 15.0. The second-order valence-electron chi connectivity index (χ2n) is 6.84. The van der Waals surface area contributed by atoms with Gasteiger partial charge in [-0.05, 0) is 75.6 Å². The van der Waals surface area contributed by atoms with Gasteiger partial charge in [-0.15, -0.1) is 0 Å². The van der Waals surface area contributed by atoms with E-state index in [9.17, 15) is 9.59 Å². The molecule has 0 bridgehead atoms. The number of rotatable bonds is 6. The number of hydrogen-bond donors (Lipinski definition) is 1. The molecular weight excluding hydrogens is 364 g/mol. The van der Waals surface area contributed by atoms with Crippen LogP contribution in [0, 0.1) is 13.8 Å². The summed E-state index contributed by atoms with van der Waals surface area (Å²) in [6, 6.07) is 9.38. The minimum Gasteiger partial charge on any atom is -0.449 e. The van der Waals surface area contributed by atoms with Crippen molar-refractivity contribution in [3.05, 3.63) is 58.4 Å². The number of ether oxygens (including phenoxy) is 1. The molecule has 1 heterocycles. The van der Waals surface area contributed by atoms with Gasteiger partial charge >= 0.3 is 5.97 Å². The number of benzene rings is 1. The molecule has 1 atom stereocenters. The minimum absolute atomic E-state index is 0.397. The molecule has 5 nitrogen and oxygen atoms in total. The van der Waals surface area contributed by atoms with Crippen molar-refractivity contribution in [2.24, 2.45) is 0 Å². The molecule has 1 N–H and O–H groups in total. The number of aromatic nitrogens is 1. The lowest BCUT2D eigenvalue weighted by molar-refractivity contribution is -0.148. The van der Waals surface area contributed by atoms with Crippen LogP contribution in [0.5, 0.6) is 0 Å². The Morgan fingerprint density at radius 3 is 2.56 bits per heavy atom. The maximum atomic E-state index is 12.1. The van der Waals surface area contributed by atoms with E-state index in [2.05, 4.69) is 29.8 Å². The Morgan fingerprint density at radius 2 is 1.93 bits per heavy atom. The maximum absolute atomic E-state index is 12.1. The van der Waals surface area contributed by atoms with E-state index in [0.717, 1.165) is 11.3 Å². The molecule has 0 radical (unpaired) electrons. The molecule has 1 saturated carbocycles. The lowest BCUT2D eigenvalue weighted by atomic mass is 10.2. The predicted octanol–water partition coefficient (Wildman–Crippen LogP) is 4.68. The molecule has 1 fully saturated rings. The molecule has 1 aromatic carbocycles. The highest BCUT2D eigenvalue weighted by molar-refractivity contribution is 6.30. The third-order valence-corrected chi connectivity index (χ3v) is 4.86. The van der Waals surface area contributed by atoms with E-state index in [1.807, 2.05) is 0 Å². The van der Waals surface area contributed by atoms with Crippen LogP contribution in [-0.4, -0.2) is 22.5 Å². The summed E-state index contributed by atoms with van der Waals surface area (Å²) in [5.41, 5.74) is 3.93. The summed E-state index contributed by atoms with van der Waals surface area (Å²) >= 11 is 5.82. The van der Waals surface area contributed by atoms with Crippen LogP contribution < -0.4 is 5.32 Å². The molecule has 0 aliphatic heterocycles. The van der Waals surface area contributed by atoms with Crippen LogP contribution in [0.4, 0.5) is 5.69 Å². The van der Waals surface area contributed by atoms with Crippen molar-refractivity contribution in [3.63, 3.8) is 0 Å². The highest BCUT2D eigenvalue weighted by Gasteiger charge is 2.26. The number of carbonyl (C=O) groups excluding carboxylic acids is 2. The molecular formula is C21H23ClN2O3. The summed E-state index contributed by atoms with van der Waals surface area (Å²) in [5.74, 6) is -0.948. The van der Waals surface area contributed by atoms with Gasteiger partial charge in [-0.2, -0.15) is 0 Å². The first-order valence-corrected chi connectivity index (χ1v) is 9.36. The van der Waals surface area contributed by atoms with Crippen molar-refractivity contribution >= 4 is 35.2 Å². The fourth-order valence-electron chi connectivity index (χ4n) is 3.07. The molecule has 1 aliphatic rings. The van der Waals surface area contributed by atoms with Crippen molar-refractivity contribution in [3.8, 4) is 0 Å². The Hall–Kier alpha value is -2.53. The van der Waals surface area contributed by atoms with Crippen LogP contribution in [0.15, 0.2) is 36.4 Å². The van der Waals surface area contributed by atoms with E-state index in [1.54, 1.807) is 30.3 Å². The van der Waals surface area contributed by atoms with Gasteiger partial charge in [-0.25, -0.2) is 4.79 Å². The van der Waals surface area contributed by atoms with Crippen molar-refractivity contribution < 1.29 is 14.3 Å². The van der Waals surface area contributed by atoms with Crippen LogP contribution in [-0.2, 0) is 14.3 Å². The van der Waals surface area contributed by atoms with Crippen LogP contribution in [0.2, 0.25) is 5.02 Å². The number of esters is 1. The summed E-state index contributed by atoms with van der Waals surface area (Å²) in [5, 5.41) is 3.27. The van der Waals surface area contributed by atoms with E-state index in [4.69, 9.17) is 16.3 Å². The summed E-state index contributed by atoms with van der Waals surface area (Å²) in [6.07, 6.45) is 4.62. The van der Waals surface area contributed by atoms with Crippen LogP contribution in [0.1, 0.15) is 42.8 Å². The summed E-state index contributed by atoms with van der Waals surface area (Å²) in [6.45, 7) is 5.67. The van der Waals surface area contributed by atoms with Crippen LogP contribution in [0.3, 0.4) is 0 Å². The number of aryl methyl sites for hydroxylation is 1. The first-order valence-electron chi connectivity index (χ1n) is 8.98. The number of amides is 1. The van der Waals surface area contributed by atoms with Crippen molar-refractivity contribution in [1.82, 2.24) is 4.57 Å². The number of anilines is 1. The van der Waals surface area contributed by atoms with Crippen molar-refractivity contribution in [2.45, 2.75) is 45.8 Å². The third kappa shape index (κ3) is 4.80. The number of nitrogens with one attached hydrogen (secondary N) is 1. The molecule has 1 aromatic heterocycles. The highest BCUT2D eigenvalue weighted by atomic mass is 35.5. The first kappa shape index (κ1) is 19.2. The van der Waals surface area contributed by atoms with E-state index < -0.39 is 18.0 Å². The quantitative estimate of drug-likeness (QED) is 0.579. The zero-order valence-electron chi connectivity index (χ0n) is 15.7. The van der Waals surface area contributed by atoms with Gasteiger partial charge in [0.15, 0.2) is 6.10 Å². The van der Waals surface area contributed by atoms with Crippen LogP contribution in [0.25, 0.3) is 6.08 Å². The summed E-state index contributed by atoms with van der Waals surface area (Å²) in [4.78, 5) is 24.2. The predicted molar refractivity (Wildman–Crippen MR) is 107 cm³/mol. The van der Waals surface area contributed by atoms with E-state index in [1.165, 1.54) is 31.5 Å². The highest BCUT2D eigenvalue weighted by Crippen LogP contribution is 2.38. The van der Waals surface area contributed by atoms with Gasteiger partial charge in [0.2, 0.25) is 0 Å². The average Bonchev–Trinajstić information content (AvgIpc) is 3.41. The Labute approximate surface area is 164 Å². The Morgan fingerprint density at radius 1 is 1.26 bits per heavy atom. The lowest BCUT2D eigenvalue weighted by Crippen LogP contribution is -2.29. The fourth-order valence-corrected chi connectivity index (χ4v) is 3.19. The second-order valence-corrected chi connectivity index (χ2v) is 7.27. The average molecular weight is 387 g/mol. The van der Waals surface area contributed by atoms with Crippen molar-refractivity contribution in [2.75, 3.05) is 5.32 Å². The van der Waals surface area contributed by atoms with Gasteiger partial charge < -0.3 is 14.6 Å². The standard InChI is InChI=1S/C21H23ClN2O3/c1-13-12-16(14(2)24(13)19-9-10-19)4-11-20(25)27-15(3)21(26)23-18-7-5-17(22)6-8-18/h4-8,11-12,15,19H,9-10H2,1-3H3,(H,23,26)/b11-4+/t15-/m0/s1. The SMILES string of the molecule is Cc1cc(/C=C/C(=O)O[C@@H](C)C(=O)Nc2ccc(Cl)cc2)c(C)n1C1CC1. The number of halogens is 1. The van der Waals surface area contributed by atoms with Gasteiger partial charge in [0.1, 0.15) is 0 Å². The van der Waals surface area contributed by atoms with E-state index in [0.29, 0.717) is 16.8 Å². The number of nitrogens with zero attached hydrogens (tertiary/aromatic N) is 1. The molecule has 142 valence electrons. The lowest BCUT2D eigenvalue weighted by Gasteiger charge is -2.12. The summed E-state index contributed by atoms with van der Waals surface area (Å²) < 4.78 is 7.51. The van der Waals surface area contributed by atoms with E-state index >= 15 is 0 Å². The maximum Gasteiger partial charge on any atom is 0.331 e. The van der Waals surface area contributed by atoms with Crippen LogP contribution >= 0.6 is 11.6 Å². The Balaban J connectivity index is 1.56. The van der Waals surface area contributed by atoms with Gasteiger partial charge in [0.05, 0.1) is 0 Å². The molecule has 1 amide bonds. The van der Waals surface area contributed by atoms with E-state index in [-0.39, 0.29) is 0 Å². The molecule has 0 spiro atoms. The largest absolute Gasteiger partial charge is 0.449 e. The third-order valence-electron chi connectivity index (χ3n) is 4.61. The molecule has 1 aliphatic carbocycles. The van der Waals surface area contributed by atoms with Crippen molar-refractivity contribution in [1.29, 1.82) is 0 Å². The molecule has 0 unspecified atom stereocenters. The number of carbonyl (C=O) groups is 2. The monoisotopic (exact) mass is 386 g/mol.